The Hall–Kier alpha value is -1.68. The summed E-state index contributed by atoms with van der Waals surface area (Å²) in [5.74, 6) is 1.87. The molecule has 1 aliphatic rings. The lowest BCUT2D eigenvalue weighted by Gasteiger charge is -2.09. The van der Waals surface area contributed by atoms with E-state index in [4.69, 9.17) is 22.1 Å². The van der Waals surface area contributed by atoms with Crippen molar-refractivity contribution in [2.75, 3.05) is 12.3 Å². The summed E-state index contributed by atoms with van der Waals surface area (Å²) in [7, 11) is 0. The minimum absolute atomic E-state index is 0.449. The molecule has 2 aromatic rings. The van der Waals surface area contributed by atoms with Gasteiger partial charge in [0.1, 0.15) is 11.6 Å². The topological polar surface area (TPSA) is 63.9 Å². The Kier molecular flexibility index (Phi) is 2.88. The molecule has 3 N–H and O–H groups in total. The van der Waals surface area contributed by atoms with Crippen LogP contribution >= 0.6 is 11.6 Å². The first-order valence-electron chi connectivity index (χ1n) is 5.96. The van der Waals surface area contributed by atoms with Gasteiger partial charge in [-0.25, -0.2) is 0 Å². The fourth-order valence-electron chi connectivity index (χ4n) is 1.80. The first-order valence-corrected chi connectivity index (χ1v) is 6.34. The summed E-state index contributed by atoms with van der Waals surface area (Å²) in [6.45, 7) is 0.744. The Morgan fingerprint density at radius 3 is 2.94 bits per heavy atom. The molecule has 1 fully saturated rings. The molecule has 1 aromatic carbocycles. The SMILES string of the molecule is Nc1cc(-c2cccc(OCC3CC3)c2Cl)[nH]n1. The molecule has 0 radical (unpaired) electrons. The molecular weight excluding hydrogens is 250 g/mol. The fourth-order valence-corrected chi connectivity index (χ4v) is 2.08. The third kappa shape index (κ3) is 2.29. The number of aromatic nitrogens is 2. The van der Waals surface area contributed by atoms with Gasteiger partial charge in [0.05, 0.1) is 17.3 Å². The van der Waals surface area contributed by atoms with Gasteiger partial charge in [0.2, 0.25) is 0 Å². The van der Waals surface area contributed by atoms with Crippen LogP contribution in [-0.2, 0) is 0 Å². The minimum atomic E-state index is 0.449. The van der Waals surface area contributed by atoms with Gasteiger partial charge in [0.15, 0.2) is 0 Å². The van der Waals surface area contributed by atoms with Gasteiger partial charge in [-0.05, 0) is 24.8 Å². The van der Waals surface area contributed by atoms with E-state index in [0.29, 0.717) is 22.5 Å². The number of ether oxygens (including phenoxy) is 1. The van der Waals surface area contributed by atoms with E-state index in [9.17, 15) is 0 Å². The number of H-pyrrole nitrogens is 1. The zero-order valence-corrected chi connectivity index (χ0v) is 10.6. The highest BCUT2D eigenvalue weighted by atomic mass is 35.5. The van der Waals surface area contributed by atoms with Gasteiger partial charge in [-0.2, -0.15) is 5.10 Å². The van der Waals surface area contributed by atoms with Crippen LogP contribution in [0.25, 0.3) is 11.3 Å². The first-order chi connectivity index (χ1) is 8.74. The molecule has 0 bridgehead atoms. The molecule has 0 atom stereocenters. The van der Waals surface area contributed by atoms with Crippen molar-refractivity contribution in [2.24, 2.45) is 5.92 Å². The zero-order chi connectivity index (χ0) is 12.5. The van der Waals surface area contributed by atoms with E-state index in [1.165, 1.54) is 12.8 Å². The van der Waals surface area contributed by atoms with E-state index in [1.54, 1.807) is 6.07 Å². The van der Waals surface area contributed by atoms with Crippen LogP contribution in [0.1, 0.15) is 12.8 Å². The number of hydrogen-bond acceptors (Lipinski definition) is 3. The number of anilines is 1. The third-order valence-electron chi connectivity index (χ3n) is 3.02. The van der Waals surface area contributed by atoms with E-state index >= 15 is 0 Å². The number of hydrogen-bond donors (Lipinski definition) is 2. The third-order valence-corrected chi connectivity index (χ3v) is 3.41. The number of nitrogens with two attached hydrogens (primary N) is 1. The molecule has 18 heavy (non-hydrogen) atoms. The molecule has 0 unspecified atom stereocenters. The molecule has 0 amide bonds. The van der Waals surface area contributed by atoms with E-state index in [0.717, 1.165) is 17.9 Å². The molecule has 3 rings (SSSR count). The van der Waals surface area contributed by atoms with Gasteiger partial charge in [-0.3, -0.25) is 5.10 Å². The Morgan fingerprint density at radius 1 is 1.44 bits per heavy atom. The van der Waals surface area contributed by atoms with E-state index < -0.39 is 0 Å². The quantitative estimate of drug-likeness (QED) is 0.891. The number of nitrogens with one attached hydrogen (secondary N) is 1. The van der Waals surface area contributed by atoms with Crippen molar-refractivity contribution in [1.82, 2.24) is 10.2 Å². The van der Waals surface area contributed by atoms with Gasteiger partial charge < -0.3 is 10.5 Å². The van der Waals surface area contributed by atoms with Crippen molar-refractivity contribution < 1.29 is 4.74 Å². The number of rotatable bonds is 4. The summed E-state index contributed by atoms with van der Waals surface area (Å²) < 4.78 is 5.73. The summed E-state index contributed by atoms with van der Waals surface area (Å²) in [5, 5.41) is 7.35. The van der Waals surface area contributed by atoms with Gasteiger partial charge >= 0.3 is 0 Å². The number of aromatic amines is 1. The summed E-state index contributed by atoms with van der Waals surface area (Å²) in [4.78, 5) is 0. The highest BCUT2D eigenvalue weighted by Crippen LogP contribution is 2.36. The lowest BCUT2D eigenvalue weighted by molar-refractivity contribution is 0.300. The van der Waals surface area contributed by atoms with Gasteiger partial charge in [0, 0.05) is 11.6 Å². The summed E-state index contributed by atoms with van der Waals surface area (Å²) in [5.41, 5.74) is 7.25. The number of nitrogen functional groups attached to an aromatic ring is 1. The van der Waals surface area contributed by atoms with E-state index in [1.807, 2.05) is 18.2 Å². The molecule has 1 saturated carbocycles. The molecule has 0 spiro atoms. The normalized spacial score (nSPS) is 14.7. The Morgan fingerprint density at radius 2 is 2.28 bits per heavy atom. The maximum atomic E-state index is 6.34. The molecule has 0 saturated heterocycles. The largest absolute Gasteiger partial charge is 0.492 e. The Bertz CT molecular complexity index is 563. The number of benzene rings is 1. The van der Waals surface area contributed by atoms with Gasteiger partial charge in [-0.15, -0.1) is 0 Å². The maximum absolute atomic E-state index is 6.34. The summed E-state index contributed by atoms with van der Waals surface area (Å²) in [6, 6.07) is 7.47. The van der Waals surface area contributed by atoms with Crippen LogP contribution in [0.3, 0.4) is 0 Å². The van der Waals surface area contributed by atoms with Crippen LogP contribution in [0.2, 0.25) is 5.02 Å². The monoisotopic (exact) mass is 263 g/mol. The highest BCUT2D eigenvalue weighted by Gasteiger charge is 2.22. The smallest absolute Gasteiger partial charge is 0.145 e. The summed E-state index contributed by atoms with van der Waals surface area (Å²) in [6.07, 6.45) is 2.52. The minimum Gasteiger partial charge on any atom is -0.492 e. The molecule has 1 heterocycles. The lowest BCUT2D eigenvalue weighted by Crippen LogP contribution is -1.99. The average molecular weight is 264 g/mol. The number of nitrogens with zero attached hydrogens (tertiary/aromatic N) is 1. The van der Waals surface area contributed by atoms with Crippen LogP contribution in [0, 0.1) is 5.92 Å². The van der Waals surface area contributed by atoms with Crippen molar-refractivity contribution in [3.8, 4) is 17.0 Å². The number of halogens is 1. The lowest BCUT2D eigenvalue weighted by atomic mass is 10.1. The highest BCUT2D eigenvalue weighted by molar-refractivity contribution is 6.34. The molecule has 94 valence electrons. The molecule has 1 aromatic heterocycles. The van der Waals surface area contributed by atoms with Gasteiger partial charge in [-0.1, -0.05) is 23.7 Å². The maximum Gasteiger partial charge on any atom is 0.145 e. The second kappa shape index (κ2) is 4.53. The molecule has 5 heteroatoms. The molecule has 4 nitrogen and oxygen atoms in total. The second-order valence-corrected chi connectivity index (χ2v) is 4.96. The summed E-state index contributed by atoms with van der Waals surface area (Å²) >= 11 is 6.34. The Labute approximate surface area is 110 Å². The van der Waals surface area contributed by atoms with Crippen LogP contribution in [0.15, 0.2) is 24.3 Å². The van der Waals surface area contributed by atoms with Crippen molar-refractivity contribution in [2.45, 2.75) is 12.8 Å². The van der Waals surface area contributed by atoms with E-state index in [-0.39, 0.29) is 0 Å². The van der Waals surface area contributed by atoms with Crippen molar-refractivity contribution in [1.29, 1.82) is 0 Å². The molecule has 0 aliphatic heterocycles. The standard InChI is InChI=1S/C13H14ClN3O/c14-13-9(10-6-12(15)17-16-10)2-1-3-11(13)18-7-8-4-5-8/h1-3,6,8H,4-5,7H2,(H3,15,16,17). The fraction of sp³-hybridized carbons (Fsp3) is 0.308. The van der Waals surface area contributed by atoms with E-state index in [2.05, 4.69) is 10.2 Å². The predicted molar refractivity (Wildman–Crippen MR) is 71.7 cm³/mol. The van der Waals surface area contributed by atoms with Crippen molar-refractivity contribution >= 4 is 17.4 Å². The predicted octanol–water partition coefficient (Wildman–Crippen LogP) is 3.10. The van der Waals surface area contributed by atoms with Crippen LogP contribution in [-0.4, -0.2) is 16.8 Å². The van der Waals surface area contributed by atoms with Gasteiger partial charge in [0.25, 0.3) is 0 Å². The first kappa shape index (κ1) is 11.4. The average Bonchev–Trinajstić information content (AvgIpc) is 3.09. The zero-order valence-electron chi connectivity index (χ0n) is 9.82. The van der Waals surface area contributed by atoms with Crippen LogP contribution in [0.4, 0.5) is 5.82 Å². The van der Waals surface area contributed by atoms with Crippen molar-refractivity contribution in [3.63, 3.8) is 0 Å². The Balaban J connectivity index is 1.87. The van der Waals surface area contributed by atoms with Crippen LogP contribution < -0.4 is 10.5 Å². The van der Waals surface area contributed by atoms with Crippen molar-refractivity contribution in [3.05, 3.63) is 29.3 Å². The molecular formula is C13H14ClN3O. The second-order valence-electron chi connectivity index (χ2n) is 4.58. The molecule has 1 aliphatic carbocycles. The van der Waals surface area contributed by atoms with Crippen LogP contribution in [0.5, 0.6) is 5.75 Å².